The van der Waals surface area contributed by atoms with E-state index < -0.39 is 17.4 Å². The molecule has 7 nitrogen and oxygen atoms in total. The number of hydrogen-bond acceptors (Lipinski definition) is 4. The van der Waals surface area contributed by atoms with Crippen molar-refractivity contribution >= 4 is 5.52 Å². The third-order valence-corrected chi connectivity index (χ3v) is 7.81. The van der Waals surface area contributed by atoms with Crippen LogP contribution in [0.5, 0.6) is 0 Å². The molecule has 1 N–H and O–H groups in total. The Kier molecular flexibility index (Phi) is 6.39. The minimum atomic E-state index is -4.59. The summed E-state index contributed by atoms with van der Waals surface area (Å²) in [6.45, 7) is 5.30. The van der Waals surface area contributed by atoms with Gasteiger partial charge in [0.25, 0.3) is 0 Å². The fourth-order valence-corrected chi connectivity index (χ4v) is 5.78. The number of benzene rings is 1. The summed E-state index contributed by atoms with van der Waals surface area (Å²) >= 11 is 0. The van der Waals surface area contributed by atoms with E-state index in [-0.39, 0.29) is 17.4 Å². The summed E-state index contributed by atoms with van der Waals surface area (Å²) in [6.07, 6.45) is 3.26. The molecule has 200 valence electrons. The Labute approximate surface area is 217 Å². The molecule has 0 spiro atoms. The van der Waals surface area contributed by atoms with Gasteiger partial charge in [0, 0.05) is 36.5 Å². The number of alkyl halides is 3. The smallest absolute Gasteiger partial charge is 0.381 e. The summed E-state index contributed by atoms with van der Waals surface area (Å²) in [5.41, 5.74) is 2.49. The number of aryl methyl sites for hydroxylation is 1. The molecule has 2 fully saturated rings. The van der Waals surface area contributed by atoms with Crippen LogP contribution in [-0.2, 0) is 17.5 Å². The molecule has 2 saturated heterocycles. The third-order valence-electron chi connectivity index (χ3n) is 7.81. The highest BCUT2D eigenvalue weighted by atomic mass is 19.4. The highest BCUT2D eigenvalue weighted by molar-refractivity contribution is 5.58. The van der Waals surface area contributed by atoms with Crippen molar-refractivity contribution in [2.75, 3.05) is 26.3 Å². The lowest BCUT2D eigenvalue weighted by atomic mass is 9.81. The molecule has 0 amide bonds. The largest absolute Gasteiger partial charge is 0.418 e. The highest BCUT2D eigenvalue weighted by Crippen LogP contribution is 2.38. The molecule has 0 saturated carbocycles. The molecule has 0 radical (unpaired) electrons. The Bertz CT molecular complexity index is 1510. The van der Waals surface area contributed by atoms with Gasteiger partial charge in [0.05, 0.1) is 36.2 Å². The van der Waals surface area contributed by atoms with Crippen LogP contribution in [0.2, 0.25) is 0 Å². The normalized spacial score (nSPS) is 18.1. The summed E-state index contributed by atoms with van der Waals surface area (Å²) in [6, 6.07) is 8.64. The first-order valence-electron chi connectivity index (χ1n) is 13.0. The number of hydrogen-bond donors (Lipinski definition) is 1. The van der Waals surface area contributed by atoms with Gasteiger partial charge in [0.15, 0.2) is 0 Å². The number of aromatic amines is 1. The lowest BCUT2D eigenvalue weighted by molar-refractivity contribution is -0.136. The number of ether oxygens (including phenoxy) is 1. The maximum atomic E-state index is 14.2. The van der Waals surface area contributed by atoms with Gasteiger partial charge in [-0.1, -0.05) is 18.6 Å². The molecule has 1 atom stereocenters. The lowest BCUT2D eigenvalue weighted by Gasteiger charge is -2.34. The molecule has 2 aliphatic heterocycles. The van der Waals surface area contributed by atoms with Crippen LogP contribution >= 0.6 is 0 Å². The van der Waals surface area contributed by atoms with Crippen LogP contribution in [-0.4, -0.2) is 50.4 Å². The zero-order chi connectivity index (χ0) is 26.4. The van der Waals surface area contributed by atoms with E-state index in [0.29, 0.717) is 31.0 Å². The molecule has 38 heavy (non-hydrogen) atoms. The number of aromatic nitrogens is 4. The molecule has 10 heteroatoms. The van der Waals surface area contributed by atoms with Crippen molar-refractivity contribution in [3.8, 4) is 5.69 Å². The molecule has 0 aliphatic carbocycles. The Balaban J connectivity index is 1.43. The predicted octanol–water partition coefficient (Wildman–Crippen LogP) is 4.90. The van der Waals surface area contributed by atoms with Gasteiger partial charge in [0.1, 0.15) is 0 Å². The van der Waals surface area contributed by atoms with Gasteiger partial charge in [-0.2, -0.15) is 18.3 Å². The first kappa shape index (κ1) is 24.9. The third kappa shape index (κ3) is 4.56. The molecule has 2 aliphatic rings. The molecular weight excluding hydrogens is 495 g/mol. The van der Waals surface area contributed by atoms with E-state index in [2.05, 4.69) is 15.1 Å². The summed E-state index contributed by atoms with van der Waals surface area (Å²) in [4.78, 5) is 15.7. The number of halogens is 3. The number of pyridine rings is 1. The van der Waals surface area contributed by atoms with Gasteiger partial charge in [-0.05, 0) is 67.7 Å². The second-order valence-electron chi connectivity index (χ2n) is 10.5. The van der Waals surface area contributed by atoms with E-state index >= 15 is 0 Å². The number of nitrogens with one attached hydrogen (secondary N) is 1. The van der Waals surface area contributed by atoms with Crippen molar-refractivity contribution in [1.82, 2.24) is 24.1 Å². The van der Waals surface area contributed by atoms with Crippen molar-refractivity contribution in [1.29, 1.82) is 0 Å². The van der Waals surface area contributed by atoms with Crippen molar-refractivity contribution in [2.24, 2.45) is 5.92 Å². The van der Waals surface area contributed by atoms with E-state index in [0.717, 1.165) is 53.6 Å². The molecule has 3 aromatic heterocycles. The standard InChI is InChI=1S/C28H30F3N5O2/c1-18-12-32-33-26(18)25(21-16-38-17-21)20-6-5-7-22(11-20)35-15-24-23(28(29,30)31)10-19(14-36(24)27(35)37)13-34-8-3-2-4-9-34/h5-7,10-12,14-15,21,25H,2-4,8-9,13,16-17H2,1H3,(H,32,33)/t25-/m1/s1. The van der Waals surface area contributed by atoms with E-state index in [1.165, 1.54) is 16.8 Å². The fourth-order valence-electron chi connectivity index (χ4n) is 5.78. The number of piperidine rings is 1. The van der Waals surface area contributed by atoms with Crippen LogP contribution in [0, 0.1) is 12.8 Å². The maximum absolute atomic E-state index is 14.2. The quantitative estimate of drug-likeness (QED) is 0.389. The molecule has 5 heterocycles. The number of likely N-dealkylation sites (tertiary alicyclic amines) is 1. The van der Waals surface area contributed by atoms with E-state index in [1.807, 2.05) is 25.1 Å². The Hall–Kier alpha value is -3.37. The van der Waals surface area contributed by atoms with Crippen LogP contribution in [0.4, 0.5) is 13.2 Å². The summed E-state index contributed by atoms with van der Waals surface area (Å²) in [7, 11) is 0. The second-order valence-corrected chi connectivity index (χ2v) is 10.5. The monoisotopic (exact) mass is 525 g/mol. The van der Waals surface area contributed by atoms with Gasteiger partial charge in [-0.25, -0.2) is 4.79 Å². The van der Waals surface area contributed by atoms with E-state index in [1.54, 1.807) is 18.5 Å². The maximum Gasteiger partial charge on any atom is 0.418 e. The minimum Gasteiger partial charge on any atom is -0.381 e. The summed E-state index contributed by atoms with van der Waals surface area (Å²) < 4.78 is 50.4. The Morgan fingerprint density at radius 3 is 2.58 bits per heavy atom. The molecule has 4 aromatic rings. The van der Waals surface area contributed by atoms with Crippen LogP contribution in [0.25, 0.3) is 11.2 Å². The minimum absolute atomic E-state index is 0.0270. The summed E-state index contributed by atoms with van der Waals surface area (Å²) in [5, 5.41) is 7.28. The van der Waals surface area contributed by atoms with E-state index in [4.69, 9.17) is 4.74 Å². The molecule has 0 unspecified atom stereocenters. The molecule has 6 rings (SSSR count). The van der Waals surface area contributed by atoms with Gasteiger partial charge < -0.3 is 4.74 Å². The number of H-pyrrole nitrogens is 1. The number of fused-ring (bicyclic) bond motifs is 1. The first-order chi connectivity index (χ1) is 18.3. The van der Waals surface area contributed by atoms with Crippen molar-refractivity contribution in [3.05, 3.63) is 87.4 Å². The first-order valence-corrected chi connectivity index (χ1v) is 13.0. The van der Waals surface area contributed by atoms with Gasteiger partial charge in [-0.3, -0.25) is 19.0 Å². The second kappa shape index (κ2) is 9.74. The van der Waals surface area contributed by atoms with Crippen molar-refractivity contribution < 1.29 is 17.9 Å². The number of imidazole rings is 1. The number of nitrogens with zero attached hydrogens (tertiary/aromatic N) is 4. The summed E-state index contributed by atoms with van der Waals surface area (Å²) in [5.74, 6) is 0.212. The Morgan fingerprint density at radius 2 is 1.92 bits per heavy atom. The van der Waals surface area contributed by atoms with E-state index in [9.17, 15) is 18.0 Å². The van der Waals surface area contributed by atoms with Crippen molar-refractivity contribution in [3.63, 3.8) is 0 Å². The van der Waals surface area contributed by atoms with Crippen LogP contribution in [0.1, 0.15) is 53.1 Å². The highest BCUT2D eigenvalue weighted by Gasteiger charge is 2.35. The van der Waals surface area contributed by atoms with Gasteiger partial charge >= 0.3 is 11.9 Å². The fraction of sp³-hybridized carbons (Fsp3) is 0.429. The molecule has 0 bridgehead atoms. The molecular formula is C28H30F3N5O2. The lowest BCUT2D eigenvalue weighted by Crippen LogP contribution is -2.34. The number of rotatable bonds is 6. The van der Waals surface area contributed by atoms with Crippen LogP contribution in [0.15, 0.2) is 53.7 Å². The topological polar surface area (TPSA) is 67.6 Å². The SMILES string of the molecule is Cc1cn[nH]c1[C@H](c1cccc(-n2cc3c(C(F)(F)F)cc(CN4CCCCC4)cn3c2=O)c1)C1COC1. The predicted molar refractivity (Wildman–Crippen MR) is 137 cm³/mol. The van der Waals surface area contributed by atoms with Gasteiger partial charge in [0.2, 0.25) is 0 Å². The zero-order valence-electron chi connectivity index (χ0n) is 21.2. The van der Waals surface area contributed by atoms with Gasteiger partial charge in [-0.15, -0.1) is 0 Å². The zero-order valence-corrected chi connectivity index (χ0v) is 21.2. The average molecular weight is 526 g/mol. The molecule has 1 aromatic carbocycles. The van der Waals surface area contributed by atoms with Crippen LogP contribution in [0.3, 0.4) is 0 Å². The van der Waals surface area contributed by atoms with Crippen molar-refractivity contribution in [2.45, 2.75) is 44.8 Å². The average Bonchev–Trinajstić information content (AvgIpc) is 3.44. The Morgan fingerprint density at radius 1 is 1.13 bits per heavy atom. The van der Waals surface area contributed by atoms with Crippen LogP contribution < -0.4 is 5.69 Å².